The van der Waals surface area contributed by atoms with Crippen LogP contribution >= 0.6 is 36.4 Å². The average Bonchev–Trinajstić information content (AvgIpc) is 2.52. The first-order valence-corrected chi connectivity index (χ1v) is 7.86. The number of hydrogen-bond acceptors (Lipinski definition) is 4. The molecule has 126 valence electrons. The van der Waals surface area contributed by atoms with E-state index in [9.17, 15) is 0 Å². The molecule has 0 bridgehead atoms. The van der Waals surface area contributed by atoms with Gasteiger partial charge in [0.1, 0.15) is 5.15 Å². The van der Waals surface area contributed by atoms with Gasteiger partial charge in [0.25, 0.3) is 0 Å². The van der Waals surface area contributed by atoms with Crippen molar-refractivity contribution in [3.63, 3.8) is 0 Å². The third-order valence-corrected chi connectivity index (χ3v) is 4.57. The van der Waals surface area contributed by atoms with E-state index in [2.05, 4.69) is 21.3 Å². The number of pyridine rings is 1. The summed E-state index contributed by atoms with van der Waals surface area (Å²) in [6.07, 6.45) is 4.22. The molecule has 7 heteroatoms. The molecule has 0 radical (unpaired) electrons. The number of ether oxygens (including phenoxy) is 1. The molecule has 2 saturated heterocycles. The molecule has 1 atom stereocenters. The molecule has 0 saturated carbocycles. The number of piperazine rings is 1. The summed E-state index contributed by atoms with van der Waals surface area (Å²) in [4.78, 5) is 6.88. The number of hydrogen-bond donors (Lipinski definition) is 1. The van der Waals surface area contributed by atoms with E-state index in [-0.39, 0.29) is 24.8 Å². The lowest BCUT2D eigenvalue weighted by atomic mass is 9.86. The van der Waals surface area contributed by atoms with Gasteiger partial charge in [0.05, 0.1) is 0 Å². The lowest BCUT2D eigenvalue weighted by molar-refractivity contribution is 0.0212. The van der Waals surface area contributed by atoms with Gasteiger partial charge in [-0.25, -0.2) is 4.98 Å². The normalized spacial score (nSPS) is 21.5. The molecule has 1 aromatic rings. The van der Waals surface area contributed by atoms with Gasteiger partial charge in [-0.1, -0.05) is 17.7 Å². The number of nitrogens with zero attached hydrogens (tertiary/aromatic N) is 2. The Hall–Kier alpha value is -0.100. The molecule has 3 heterocycles. The molecule has 4 nitrogen and oxygen atoms in total. The van der Waals surface area contributed by atoms with Crippen LogP contribution < -0.4 is 5.32 Å². The van der Waals surface area contributed by atoms with Crippen LogP contribution in [0.3, 0.4) is 0 Å². The zero-order valence-corrected chi connectivity index (χ0v) is 14.9. The first-order valence-electron chi connectivity index (χ1n) is 7.48. The Kier molecular flexibility index (Phi) is 8.98. The molecule has 22 heavy (non-hydrogen) atoms. The Morgan fingerprint density at radius 2 is 1.86 bits per heavy atom. The maximum Gasteiger partial charge on any atom is 0.129 e. The van der Waals surface area contributed by atoms with Crippen LogP contribution in [0.2, 0.25) is 5.15 Å². The molecule has 1 N–H and O–H groups in total. The maximum absolute atomic E-state index is 5.93. The van der Waals surface area contributed by atoms with Gasteiger partial charge >= 0.3 is 0 Å². The van der Waals surface area contributed by atoms with E-state index < -0.39 is 0 Å². The lowest BCUT2D eigenvalue weighted by Crippen LogP contribution is -2.47. The first-order chi connectivity index (χ1) is 9.84. The number of aromatic nitrogens is 1. The van der Waals surface area contributed by atoms with Gasteiger partial charge in [-0.05, 0) is 30.4 Å². The highest BCUT2D eigenvalue weighted by Gasteiger charge is 2.31. The Bertz CT molecular complexity index is 403. The summed E-state index contributed by atoms with van der Waals surface area (Å²) in [6.45, 7) is 6.11. The van der Waals surface area contributed by atoms with E-state index in [4.69, 9.17) is 16.3 Å². The fraction of sp³-hybridized carbons (Fsp3) is 0.667. The molecule has 1 aromatic heterocycles. The van der Waals surface area contributed by atoms with Gasteiger partial charge in [-0.2, -0.15) is 0 Å². The molecule has 0 unspecified atom stereocenters. The molecule has 2 aliphatic heterocycles. The Morgan fingerprint density at radius 1 is 1.18 bits per heavy atom. The molecule has 0 spiro atoms. The molecule has 0 amide bonds. The molecular formula is C15H24Cl3N3O. The predicted molar refractivity (Wildman–Crippen MR) is 94.5 cm³/mol. The van der Waals surface area contributed by atoms with Gasteiger partial charge in [0.15, 0.2) is 0 Å². The van der Waals surface area contributed by atoms with Gasteiger partial charge in [-0.3, -0.25) is 4.90 Å². The summed E-state index contributed by atoms with van der Waals surface area (Å²) in [5.41, 5.74) is 1.29. The van der Waals surface area contributed by atoms with E-state index in [0.29, 0.717) is 17.1 Å². The third-order valence-electron chi connectivity index (χ3n) is 4.35. The maximum atomic E-state index is 5.93. The van der Waals surface area contributed by atoms with Crippen LogP contribution in [-0.2, 0) is 4.74 Å². The van der Waals surface area contributed by atoms with Crippen molar-refractivity contribution in [2.75, 3.05) is 39.4 Å². The van der Waals surface area contributed by atoms with Crippen LogP contribution in [0.25, 0.3) is 0 Å². The van der Waals surface area contributed by atoms with Crippen molar-refractivity contribution in [3.8, 4) is 0 Å². The molecule has 2 fully saturated rings. The van der Waals surface area contributed by atoms with Crippen molar-refractivity contribution in [1.29, 1.82) is 0 Å². The van der Waals surface area contributed by atoms with Crippen molar-refractivity contribution >= 4 is 36.4 Å². The van der Waals surface area contributed by atoms with E-state index >= 15 is 0 Å². The van der Waals surface area contributed by atoms with Crippen molar-refractivity contribution < 1.29 is 4.74 Å². The topological polar surface area (TPSA) is 37.4 Å². The quantitative estimate of drug-likeness (QED) is 0.832. The van der Waals surface area contributed by atoms with E-state index in [1.54, 1.807) is 0 Å². The van der Waals surface area contributed by atoms with Crippen LogP contribution in [-0.4, -0.2) is 49.3 Å². The monoisotopic (exact) mass is 367 g/mol. The molecule has 0 aromatic carbocycles. The van der Waals surface area contributed by atoms with Gasteiger partial charge in [-0.15, -0.1) is 24.8 Å². The zero-order valence-electron chi connectivity index (χ0n) is 12.5. The highest BCUT2D eigenvalue weighted by atomic mass is 35.5. The zero-order chi connectivity index (χ0) is 13.8. The van der Waals surface area contributed by atoms with Crippen molar-refractivity contribution in [2.24, 2.45) is 5.92 Å². The summed E-state index contributed by atoms with van der Waals surface area (Å²) in [5, 5.41) is 4.00. The third kappa shape index (κ3) is 4.95. The van der Waals surface area contributed by atoms with Crippen molar-refractivity contribution in [1.82, 2.24) is 15.2 Å². The average molecular weight is 369 g/mol. The Balaban J connectivity index is 0.00000121. The minimum Gasteiger partial charge on any atom is -0.381 e. The first kappa shape index (κ1) is 19.9. The molecule has 0 aliphatic carbocycles. The highest BCUT2D eigenvalue weighted by Crippen LogP contribution is 2.35. The van der Waals surface area contributed by atoms with Gasteiger partial charge in [0, 0.05) is 51.6 Å². The van der Waals surface area contributed by atoms with E-state index in [0.717, 1.165) is 52.2 Å². The van der Waals surface area contributed by atoms with E-state index in [1.165, 1.54) is 5.56 Å². The van der Waals surface area contributed by atoms with Crippen molar-refractivity contribution in [3.05, 3.63) is 29.0 Å². The molecule has 2 aliphatic rings. The Morgan fingerprint density at radius 3 is 2.45 bits per heavy atom. The smallest absolute Gasteiger partial charge is 0.129 e. The minimum atomic E-state index is 0. The number of rotatable bonds is 3. The fourth-order valence-corrected chi connectivity index (χ4v) is 3.45. The summed E-state index contributed by atoms with van der Waals surface area (Å²) in [5.74, 6) is 0.657. The van der Waals surface area contributed by atoms with Crippen LogP contribution in [0.1, 0.15) is 24.4 Å². The Labute approximate surface area is 149 Å². The second kappa shape index (κ2) is 9.91. The second-order valence-corrected chi connectivity index (χ2v) is 5.98. The van der Waals surface area contributed by atoms with E-state index in [1.807, 2.05) is 12.3 Å². The summed E-state index contributed by atoms with van der Waals surface area (Å²) in [6, 6.07) is 4.49. The van der Waals surface area contributed by atoms with Gasteiger partial charge < -0.3 is 10.1 Å². The van der Waals surface area contributed by atoms with Crippen LogP contribution in [0.15, 0.2) is 18.3 Å². The molecular weight excluding hydrogens is 345 g/mol. The van der Waals surface area contributed by atoms with Crippen LogP contribution in [0.4, 0.5) is 0 Å². The predicted octanol–water partition coefficient (Wildman–Crippen LogP) is 2.95. The van der Waals surface area contributed by atoms with Crippen molar-refractivity contribution in [2.45, 2.75) is 18.9 Å². The lowest BCUT2D eigenvalue weighted by Gasteiger charge is -2.41. The minimum absolute atomic E-state index is 0. The highest BCUT2D eigenvalue weighted by molar-refractivity contribution is 6.29. The number of halogens is 3. The fourth-order valence-electron chi connectivity index (χ4n) is 3.34. The number of nitrogens with one attached hydrogen (secondary N) is 1. The SMILES string of the molecule is Cl.Cl.Clc1ccc([C@@H](C2CCOCC2)N2CCNCC2)cn1. The standard InChI is InChI=1S/C15H22ClN3O.2ClH/c16-14-2-1-13(11-18-14)15(12-3-9-20-10-4-12)19-7-5-17-6-8-19;;/h1-2,11-12,15,17H,3-10H2;2*1H/t15-;;/m1../s1. The molecule has 3 rings (SSSR count). The van der Waals surface area contributed by atoms with Crippen LogP contribution in [0.5, 0.6) is 0 Å². The van der Waals surface area contributed by atoms with Gasteiger partial charge in [0.2, 0.25) is 0 Å². The summed E-state index contributed by atoms with van der Waals surface area (Å²) < 4.78 is 5.52. The summed E-state index contributed by atoms with van der Waals surface area (Å²) >= 11 is 5.93. The second-order valence-electron chi connectivity index (χ2n) is 5.59. The summed E-state index contributed by atoms with van der Waals surface area (Å²) in [7, 11) is 0. The van der Waals surface area contributed by atoms with Crippen LogP contribution in [0, 0.1) is 5.92 Å². The largest absolute Gasteiger partial charge is 0.381 e.